The van der Waals surface area contributed by atoms with Gasteiger partial charge >= 0.3 is 12.1 Å². The molecule has 1 heterocycles. The fourth-order valence-corrected chi connectivity index (χ4v) is 8.48. The molecular weight excluding hydrogens is 482 g/mol. The van der Waals surface area contributed by atoms with Crippen LogP contribution in [0.4, 0.5) is 10.5 Å². The van der Waals surface area contributed by atoms with Gasteiger partial charge in [0.25, 0.3) is 5.91 Å². The molecule has 8 nitrogen and oxygen atoms in total. The molecule has 5 rings (SSSR count). The van der Waals surface area contributed by atoms with Crippen molar-refractivity contribution >= 4 is 33.5 Å². The van der Waals surface area contributed by atoms with E-state index in [1.165, 1.54) is 25.3 Å². The first-order valence-corrected chi connectivity index (χ1v) is 13.1. The van der Waals surface area contributed by atoms with E-state index in [2.05, 4.69) is 0 Å². The fraction of sp³-hybridized carbons (Fsp3) is 0.370. The summed E-state index contributed by atoms with van der Waals surface area (Å²) in [5, 5.41) is 0. The number of amides is 2. The second kappa shape index (κ2) is 7.29. The zero-order valence-electron chi connectivity index (χ0n) is 20.7. The van der Waals surface area contributed by atoms with Gasteiger partial charge in [0.2, 0.25) is 0 Å². The van der Waals surface area contributed by atoms with Crippen LogP contribution in [0.15, 0.2) is 71.1 Å². The number of esters is 1. The van der Waals surface area contributed by atoms with Crippen molar-refractivity contribution in [3.8, 4) is 0 Å². The number of hydrogen-bond acceptors (Lipinski definition) is 7. The van der Waals surface area contributed by atoms with Gasteiger partial charge in [-0.15, -0.1) is 0 Å². The first kappa shape index (κ1) is 24.2. The average Bonchev–Trinajstić information content (AvgIpc) is 3.26. The average molecular weight is 510 g/mol. The van der Waals surface area contributed by atoms with Gasteiger partial charge in [-0.2, -0.15) is 0 Å². The van der Waals surface area contributed by atoms with Gasteiger partial charge < -0.3 is 9.47 Å². The Morgan fingerprint density at radius 2 is 1.61 bits per heavy atom. The largest absolute Gasteiger partial charge is 0.466 e. The smallest absolute Gasteiger partial charge is 0.421 e. The van der Waals surface area contributed by atoms with Gasteiger partial charge in [-0.25, -0.2) is 22.9 Å². The molecule has 3 atom stereocenters. The summed E-state index contributed by atoms with van der Waals surface area (Å²) in [5.41, 5.74) is -3.32. The lowest BCUT2D eigenvalue weighted by atomic mass is 9.66. The van der Waals surface area contributed by atoms with Crippen molar-refractivity contribution in [2.24, 2.45) is 5.41 Å². The Bertz CT molecular complexity index is 1460. The van der Waals surface area contributed by atoms with E-state index in [-0.39, 0.29) is 22.6 Å². The zero-order chi connectivity index (χ0) is 26.3. The summed E-state index contributed by atoms with van der Waals surface area (Å²) in [7, 11) is -2.85. The Morgan fingerprint density at radius 3 is 2.22 bits per heavy atom. The van der Waals surface area contributed by atoms with Crippen LogP contribution in [0.5, 0.6) is 0 Å². The van der Waals surface area contributed by atoms with E-state index < -0.39 is 49.0 Å². The molecule has 1 aliphatic heterocycles. The van der Waals surface area contributed by atoms with E-state index in [0.717, 1.165) is 4.90 Å². The first-order chi connectivity index (χ1) is 16.8. The van der Waals surface area contributed by atoms with E-state index in [9.17, 15) is 22.8 Å². The lowest BCUT2D eigenvalue weighted by Gasteiger charge is -2.34. The van der Waals surface area contributed by atoms with Gasteiger partial charge in [-0.3, -0.25) is 4.79 Å². The molecule has 0 aromatic heterocycles. The number of ether oxygens (including phenoxy) is 2. The molecule has 0 radical (unpaired) electrons. The first-order valence-electron chi connectivity index (χ1n) is 11.6. The zero-order valence-corrected chi connectivity index (χ0v) is 21.5. The quantitative estimate of drug-likeness (QED) is 0.577. The highest BCUT2D eigenvalue weighted by molar-refractivity contribution is 7.93. The molecule has 3 aliphatic rings. The summed E-state index contributed by atoms with van der Waals surface area (Å²) in [6, 6.07) is 14.6. The SMILES string of the molecule is COC(=O)C1=C[C@@]2(S(=O)(=O)c3ccccc3)C[C@@]2(C)[C@@]12C(=O)N(C(=O)OC(C)(C)C)c1ccccc12. The summed E-state index contributed by atoms with van der Waals surface area (Å²) in [5.74, 6) is -1.54. The molecule has 2 aromatic rings. The lowest BCUT2D eigenvalue weighted by molar-refractivity contribution is -0.139. The van der Waals surface area contributed by atoms with Crippen molar-refractivity contribution in [2.45, 2.75) is 54.8 Å². The molecule has 1 fully saturated rings. The number of benzene rings is 2. The van der Waals surface area contributed by atoms with E-state index in [4.69, 9.17) is 9.47 Å². The third kappa shape index (κ3) is 2.74. The van der Waals surface area contributed by atoms with Crippen molar-refractivity contribution in [3.63, 3.8) is 0 Å². The molecule has 1 spiro atoms. The van der Waals surface area contributed by atoms with E-state index in [1.807, 2.05) is 0 Å². The summed E-state index contributed by atoms with van der Waals surface area (Å²) < 4.78 is 37.1. The number of nitrogens with zero attached hydrogens (tertiary/aromatic N) is 1. The van der Waals surface area contributed by atoms with Crippen molar-refractivity contribution in [2.75, 3.05) is 12.0 Å². The summed E-state index contributed by atoms with van der Waals surface area (Å²) in [6.45, 7) is 6.74. The van der Waals surface area contributed by atoms with Gasteiger partial charge in [-0.05, 0) is 51.0 Å². The van der Waals surface area contributed by atoms with Gasteiger partial charge in [0.15, 0.2) is 9.84 Å². The number of sulfone groups is 1. The van der Waals surface area contributed by atoms with Crippen LogP contribution in [0.3, 0.4) is 0 Å². The van der Waals surface area contributed by atoms with Gasteiger partial charge in [0, 0.05) is 5.41 Å². The summed E-state index contributed by atoms with van der Waals surface area (Å²) >= 11 is 0. The van der Waals surface area contributed by atoms with Crippen LogP contribution in [-0.4, -0.2) is 43.8 Å². The highest BCUT2D eigenvalue weighted by Crippen LogP contribution is 2.79. The molecule has 1 saturated carbocycles. The maximum atomic E-state index is 14.4. The fourth-order valence-electron chi connectivity index (χ4n) is 6.04. The van der Waals surface area contributed by atoms with Crippen LogP contribution in [-0.2, 0) is 34.3 Å². The van der Waals surface area contributed by atoms with E-state index in [0.29, 0.717) is 5.56 Å². The summed E-state index contributed by atoms with van der Waals surface area (Å²) in [4.78, 5) is 41.8. The molecular formula is C27H27NO7S. The van der Waals surface area contributed by atoms with Crippen molar-refractivity contribution < 1.29 is 32.3 Å². The Kier molecular flexibility index (Phi) is 4.91. The predicted molar refractivity (Wildman–Crippen MR) is 131 cm³/mol. The highest BCUT2D eigenvalue weighted by atomic mass is 32.2. The minimum atomic E-state index is -4.02. The molecule has 2 aromatic carbocycles. The number of imide groups is 1. The van der Waals surface area contributed by atoms with Crippen LogP contribution >= 0.6 is 0 Å². The second-order valence-electron chi connectivity index (χ2n) is 10.7. The maximum absolute atomic E-state index is 14.4. The number of fused-ring (bicyclic) bond motifs is 4. The topological polar surface area (TPSA) is 107 Å². The molecule has 0 saturated heterocycles. The Balaban J connectivity index is 1.76. The van der Waals surface area contributed by atoms with E-state index in [1.54, 1.807) is 70.2 Å². The van der Waals surface area contributed by atoms with Gasteiger partial charge in [0.05, 0.1) is 23.3 Å². The minimum Gasteiger partial charge on any atom is -0.466 e. The van der Waals surface area contributed by atoms with Crippen molar-refractivity contribution in [3.05, 3.63) is 71.8 Å². The number of rotatable bonds is 3. The normalized spacial score (nSPS) is 28.4. The van der Waals surface area contributed by atoms with Crippen LogP contribution in [0.2, 0.25) is 0 Å². The predicted octanol–water partition coefficient (Wildman–Crippen LogP) is 3.94. The molecule has 9 heteroatoms. The van der Waals surface area contributed by atoms with Gasteiger partial charge in [0.1, 0.15) is 15.8 Å². The second-order valence-corrected chi connectivity index (χ2v) is 12.9. The van der Waals surface area contributed by atoms with Gasteiger partial charge in [-0.1, -0.05) is 49.4 Å². The minimum absolute atomic E-state index is 0.0817. The summed E-state index contributed by atoms with van der Waals surface area (Å²) in [6.07, 6.45) is 0.586. The lowest BCUT2D eigenvalue weighted by Crippen LogP contribution is -2.51. The molecule has 2 aliphatic carbocycles. The Hall–Kier alpha value is -3.46. The molecule has 0 unspecified atom stereocenters. The van der Waals surface area contributed by atoms with Crippen molar-refractivity contribution in [1.29, 1.82) is 0 Å². The van der Waals surface area contributed by atoms with Crippen LogP contribution < -0.4 is 4.90 Å². The molecule has 0 bridgehead atoms. The third-order valence-corrected chi connectivity index (χ3v) is 10.2. The van der Waals surface area contributed by atoms with Crippen LogP contribution in [0.25, 0.3) is 0 Å². The molecule has 0 N–H and O–H groups in total. The highest BCUT2D eigenvalue weighted by Gasteiger charge is 2.87. The number of carbonyl (C=O) groups is 3. The third-order valence-electron chi connectivity index (χ3n) is 7.62. The molecule has 36 heavy (non-hydrogen) atoms. The van der Waals surface area contributed by atoms with Crippen molar-refractivity contribution in [1.82, 2.24) is 0 Å². The number of hydrogen-bond donors (Lipinski definition) is 0. The maximum Gasteiger partial charge on any atom is 0.421 e. The molecule has 2 amide bonds. The number of anilines is 1. The van der Waals surface area contributed by atoms with Crippen LogP contribution in [0.1, 0.15) is 39.7 Å². The number of methoxy groups -OCH3 is 1. The van der Waals surface area contributed by atoms with Crippen LogP contribution in [0, 0.1) is 5.41 Å². The van der Waals surface area contributed by atoms with E-state index >= 15 is 0 Å². The monoisotopic (exact) mass is 509 g/mol. The molecule has 188 valence electrons. The Morgan fingerprint density at radius 1 is 1.00 bits per heavy atom. The number of para-hydroxylation sites is 1. The Labute approximate surface area is 209 Å². The standard InChI is InChI=1S/C27H27NO7S/c1-24(2,3)35-23(31)28-20-14-10-9-13-18(20)27(22(28)30)19(21(29)34-5)15-26(16-25(26,27)4)36(32,33)17-11-7-6-8-12-17/h6-15H,16H2,1-5H3/t25-,26-,27-/m1/s1. The number of carbonyl (C=O) groups excluding carboxylic acids is 3.